The van der Waals surface area contributed by atoms with Crippen LogP contribution in [-0.4, -0.2) is 92.4 Å². The maximum atomic E-state index is 12.7. The zero-order chi connectivity index (χ0) is 30.4. The van der Waals surface area contributed by atoms with Crippen LogP contribution in [0.4, 0.5) is 52.7 Å². The summed E-state index contributed by atoms with van der Waals surface area (Å²) < 4.78 is 168. The normalized spacial score (nSPS) is 14.9. The molecule has 0 heterocycles. The van der Waals surface area contributed by atoms with Crippen LogP contribution in [0.25, 0.3) is 0 Å². The molecule has 0 saturated heterocycles. The summed E-state index contributed by atoms with van der Waals surface area (Å²) in [4.78, 5) is 67.8. The van der Waals surface area contributed by atoms with Gasteiger partial charge in [-0.2, -0.15) is 52.7 Å². The third-order valence-electron chi connectivity index (χ3n) is 3.35. The van der Waals surface area contributed by atoms with Crippen molar-refractivity contribution in [1.29, 1.82) is 0 Å². The Morgan fingerprint density at radius 1 is 0.579 bits per heavy atom. The highest BCUT2D eigenvalue weighted by Crippen LogP contribution is 2.27. The van der Waals surface area contributed by atoms with E-state index < -0.39 is 85.3 Å². The van der Waals surface area contributed by atoms with Gasteiger partial charge in [0.2, 0.25) is 6.10 Å². The lowest BCUT2D eigenvalue weighted by Crippen LogP contribution is -2.55. The highest BCUT2D eigenvalue weighted by Gasteiger charge is 2.55. The summed E-state index contributed by atoms with van der Waals surface area (Å²) in [5.41, 5.74) is 0. The van der Waals surface area contributed by atoms with Crippen molar-refractivity contribution in [2.45, 2.75) is 43.0 Å². The molecule has 0 aliphatic carbocycles. The van der Waals surface area contributed by atoms with Crippen LogP contribution in [0.5, 0.6) is 0 Å². The van der Waals surface area contributed by atoms with E-state index >= 15 is 0 Å². The molecule has 0 aromatic rings. The highest BCUT2D eigenvalue weighted by atomic mass is 19.4. The molecule has 0 aromatic heterocycles. The van der Waals surface area contributed by atoms with Gasteiger partial charge in [-0.05, 0) is 0 Å². The van der Waals surface area contributed by atoms with E-state index in [4.69, 9.17) is 0 Å². The average molecular weight is 592 g/mol. The van der Waals surface area contributed by atoms with Crippen molar-refractivity contribution in [3.05, 3.63) is 0 Å². The van der Waals surface area contributed by atoms with Crippen LogP contribution in [0.2, 0.25) is 0 Å². The minimum atomic E-state index is -6.24. The molecule has 0 aromatic carbocycles. The number of carbonyl (C=O) groups is 6. The van der Waals surface area contributed by atoms with Crippen molar-refractivity contribution < 1.29 is 105 Å². The minimum absolute atomic E-state index is 0.270. The first-order valence-corrected chi connectivity index (χ1v) is 8.53. The zero-order valence-corrected chi connectivity index (χ0v) is 17.5. The summed E-state index contributed by atoms with van der Waals surface area (Å²) in [5, 5.41) is 0. The number of hydrogen-bond acceptors (Lipinski definition) is 11. The average Bonchev–Trinajstić information content (AvgIpc) is 2.74. The number of methoxy groups -OCH3 is 1. The number of alkyl halides is 12. The van der Waals surface area contributed by atoms with Gasteiger partial charge in [-0.15, -0.1) is 0 Å². The SMILES string of the molecule is COC(=O)C(=O)C(OC(=O)C(F)(F)F)C(OC(=O)C(F)(F)F)C(COC(=O)C(F)(F)F)OC(=O)C(F)(F)F. The Morgan fingerprint density at radius 3 is 1.32 bits per heavy atom. The fourth-order valence-electron chi connectivity index (χ4n) is 1.83. The lowest BCUT2D eigenvalue weighted by Gasteiger charge is -2.31. The summed E-state index contributed by atoms with van der Waals surface area (Å²) in [6, 6.07) is 0. The molecule has 0 saturated carbocycles. The van der Waals surface area contributed by atoms with Crippen molar-refractivity contribution in [3.63, 3.8) is 0 Å². The maximum Gasteiger partial charge on any atom is 0.490 e. The standard InChI is InChI=1S/C15H8F12O11/c1-34-7(29)4(28)6(38-11(33)15(25,26)27)5(37-10(32)14(22,23)24)3(36-9(31)13(19,20)21)2-35-8(30)12(16,17)18/h3,5-6H,2H2,1H3. The van der Waals surface area contributed by atoms with Gasteiger partial charge in [0.15, 0.2) is 12.2 Å². The van der Waals surface area contributed by atoms with Crippen molar-refractivity contribution in [2.75, 3.05) is 13.7 Å². The highest BCUT2D eigenvalue weighted by molar-refractivity contribution is 6.35. The second kappa shape index (κ2) is 12.1. The monoisotopic (exact) mass is 592 g/mol. The van der Waals surface area contributed by atoms with E-state index in [0.29, 0.717) is 0 Å². The number of hydrogen-bond donors (Lipinski definition) is 0. The molecule has 0 N–H and O–H groups in total. The van der Waals surface area contributed by atoms with Gasteiger partial charge in [0.25, 0.3) is 5.78 Å². The van der Waals surface area contributed by atoms with E-state index in [1.54, 1.807) is 0 Å². The molecule has 3 atom stereocenters. The quantitative estimate of drug-likeness (QED) is 0.165. The van der Waals surface area contributed by atoms with Crippen LogP contribution in [-0.2, 0) is 52.5 Å². The van der Waals surface area contributed by atoms with Gasteiger partial charge in [0.05, 0.1) is 7.11 Å². The first-order chi connectivity index (χ1) is 16.8. The fourth-order valence-corrected chi connectivity index (χ4v) is 1.83. The smallest absolute Gasteiger partial charge is 0.463 e. The molecule has 0 aliphatic heterocycles. The van der Waals surface area contributed by atoms with E-state index in [0.717, 1.165) is 0 Å². The Kier molecular flexibility index (Phi) is 10.9. The van der Waals surface area contributed by atoms with Gasteiger partial charge in [-0.25, -0.2) is 24.0 Å². The van der Waals surface area contributed by atoms with Gasteiger partial charge in [-0.3, -0.25) is 4.79 Å². The zero-order valence-electron chi connectivity index (χ0n) is 17.5. The molecule has 0 spiro atoms. The molecule has 11 nitrogen and oxygen atoms in total. The van der Waals surface area contributed by atoms with E-state index in [2.05, 4.69) is 23.7 Å². The Morgan fingerprint density at radius 2 is 0.947 bits per heavy atom. The fraction of sp³-hybridized carbons (Fsp3) is 0.600. The largest absolute Gasteiger partial charge is 0.490 e. The van der Waals surface area contributed by atoms with Crippen molar-refractivity contribution in [3.8, 4) is 0 Å². The minimum Gasteiger partial charge on any atom is -0.463 e. The molecular formula is C15H8F12O11. The number of ketones is 1. The molecule has 218 valence electrons. The van der Waals surface area contributed by atoms with Crippen LogP contribution in [0.15, 0.2) is 0 Å². The van der Waals surface area contributed by atoms with Crippen LogP contribution in [0.3, 0.4) is 0 Å². The molecule has 0 bridgehead atoms. The second-order valence-electron chi connectivity index (χ2n) is 6.08. The molecule has 3 unspecified atom stereocenters. The Hall–Kier alpha value is -3.82. The van der Waals surface area contributed by atoms with Gasteiger partial charge < -0.3 is 23.7 Å². The van der Waals surface area contributed by atoms with Gasteiger partial charge in [0, 0.05) is 0 Å². The first-order valence-electron chi connectivity index (χ1n) is 8.53. The van der Waals surface area contributed by atoms with E-state index in [9.17, 15) is 81.5 Å². The molecule has 23 heteroatoms. The summed E-state index contributed by atoms with van der Waals surface area (Å²) >= 11 is 0. The van der Waals surface area contributed by atoms with Gasteiger partial charge in [-0.1, -0.05) is 0 Å². The molecular weight excluding hydrogens is 584 g/mol. The number of Topliss-reactive ketones (excluding diaryl/α,β-unsaturated/α-hetero) is 1. The lowest BCUT2D eigenvalue weighted by atomic mass is 10.0. The number of carbonyl (C=O) groups excluding carboxylic acids is 6. The van der Waals surface area contributed by atoms with Crippen molar-refractivity contribution in [2.24, 2.45) is 0 Å². The van der Waals surface area contributed by atoms with Crippen LogP contribution < -0.4 is 0 Å². The molecule has 0 rings (SSSR count). The van der Waals surface area contributed by atoms with Gasteiger partial charge in [0.1, 0.15) is 6.61 Å². The molecule has 0 amide bonds. The predicted molar refractivity (Wildman–Crippen MR) is 81.8 cm³/mol. The van der Waals surface area contributed by atoms with Gasteiger partial charge >= 0.3 is 54.6 Å². The van der Waals surface area contributed by atoms with Crippen LogP contribution >= 0.6 is 0 Å². The van der Waals surface area contributed by atoms with Crippen molar-refractivity contribution in [1.82, 2.24) is 0 Å². The van der Waals surface area contributed by atoms with E-state index in [1.165, 1.54) is 0 Å². The molecule has 0 radical (unpaired) electrons. The Bertz CT molecular complexity index is 932. The lowest BCUT2D eigenvalue weighted by molar-refractivity contribution is -0.239. The van der Waals surface area contributed by atoms with E-state index in [1.807, 2.05) is 0 Å². The Labute approximate surface area is 198 Å². The predicted octanol–water partition coefficient (Wildman–Crippen LogP) is 1.26. The number of ether oxygens (including phenoxy) is 5. The third kappa shape index (κ3) is 10.3. The molecule has 38 heavy (non-hydrogen) atoms. The second-order valence-corrected chi connectivity index (χ2v) is 6.08. The summed E-state index contributed by atoms with van der Waals surface area (Å²) in [6.07, 6.45) is -36.2. The Balaban J connectivity index is 6.96. The molecule has 0 fully saturated rings. The van der Waals surface area contributed by atoms with Crippen LogP contribution in [0, 0.1) is 0 Å². The summed E-state index contributed by atoms with van der Waals surface area (Å²) in [5.74, 6) is -19.4. The summed E-state index contributed by atoms with van der Waals surface area (Å²) in [7, 11) is 0.270. The van der Waals surface area contributed by atoms with Crippen LogP contribution in [0.1, 0.15) is 0 Å². The number of halogens is 12. The number of esters is 5. The van der Waals surface area contributed by atoms with Crippen molar-refractivity contribution >= 4 is 35.6 Å². The maximum absolute atomic E-state index is 12.7. The van der Waals surface area contributed by atoms with E-state index in [-0.39, 0.29) is 7.11 Å². The summed E-state index contributed by atoms with van der Waals surface area (Å²) in [6.45, 7) is -2.54. The first kappa shape index (κ1) is 34.2. The molecule has 0 aliphatic rings. The topological polar surface area (TPSA) is 149 Å². The third-order valence-corrected chi connectivity index (χ3v) is 3.35. The number of rotatable bonds is 9.